The van der Waals surface area contributed by atoms with E-state index in [4.69, 9.17) is 18.9 Å². The molecule has 4 rings (SSSR count). The summed E-state index contributed by atoms with van der Waals surface area (Å²) in [5.74, 6) is 0.674. The van der Waals surface area contributed by atoms with Crippen molar-refractivity contribution in [3.8, 4) is 23.0 Å². The Morgan fingerprint density at radius 2 is 1.51 bits per heavy atom. The number of carboxylic acids is 1. The van der Waals surface area contributed by atoms with Crippen molar-refractivity contribution in [2.45, 2.75) is 26.4 Å². The molecule has 1 heterocycles. The van der Waals surface area contributed by atoms with Gasteiger partial charge in [-0.3, -0.25) is 4.79 Å². The minimum atomic E-state index is -1.21. The predicted octanol–water partition coefficient (Wildman–Crippen LogP) is 5.17. The molecule has 35 heavy (non-hydrogen) atoms. The number of rotatable bonds is 9. The number of methoxy groups -OCH3 is 1. The van der Waals surface area contributed by atoms with Crippen molar-refractivity contribution in [1.82, 2.24) is 0 Å². The highest BCUT2D eigenvalue weighted by Crippen LogP contribution is 2.36. The third-order valence-corrected chi connectivity index (χ3v) is 5.48. The lowest BCUT2D eigenvalue weighted by molar-refractivity contribution is -0.130. The van der Waals surface area contributed by atoms with Crippen molar-refractivity contribution in [1.29, 1.82) is 0 Å². The van der Waals surface area contributed by atoms with E-state index in [1.165, 1.54) is 7.11 Å². The van der Waals surface area contributed by atoms with Gasteiger partial charge in [-0.1, -0.05) is 18.2 Å². The summed E-state index contributed by atoms with van der Waals surface area (Å²) in [4.78, 5) is 26.2. The van der Waals surface area contributed by atoms with Crippen LogP contribution in [0.3, 0.4) is 0 Å². The van der Waals surface area contributed by atoms with Crippen LogP contribution >= 0.6 is 0 Å². The number of hydrogen-bond acceptors (Lipinski definition) is 6. The molecule has 0 atom stereocenters. The molecule has 1 aliphatic heterocycles. The van der Waals surface area contributed by atoms with Crippen LogP contribution in [0, 0.1) is 0 Å². The lowest BCUT2D eigenvalue weighted by Crippen LogP contribution is -2.14. The van der Waals surface area contributed by atoms with E-state index in [0.29, 0.717) is 34.1 Å². The average Bonchev–Trinajstić information content (AvgIpc) is 3.32. The molecular formula is C28H26O7. The first kappa shape index (κ1) is 23.9. The van der Waals surface area contributed by atoms with Gasteiger partial charge in [-0.15, -0.1) is 0 Å². The number of allylic oxidation sites excluding steroid dienone is 1. The second-order valence-corrected chi connectivity index (χ2v) is 8.27. The summed E-state index contributed by atoms with van der Waals surface area (Å²) in [5, 5.41) is 10.2. The number of aliphatic carboxylic acids is 1. The zero-order valence-electron chi connectivity index (χ0n) is 19.7. The highest BCUT2D eigenvalue weighted by Gasteiger charge is 2.26. The van der Waals surface area contributed by atoms with E-state index in [0.717, 1.165) is 5.56 Å². The number of ketones is 1. The number of Topliss-reactive ketones (excluding diaryl/α,β-unsaturated/α-hetero) is 1. The van der Waals surface area contributed by atoms with Gasteiger partial charge in [0.15, 0.2) is 17.3 Å². The fourth-order valence-electron chi connectivity index (χ4n) is 3.84. The van der Waals surface area contributed by atoms with Crippen LogP contribution in [0.15, 0.2) is 72.3 Å². The molecule has 0 spiro atoms. The highest BCUT2D eigenvalue weighted by molar-refractivity contribution is 6.26. The Hall–Kier alpha value is -4.26. The molecule has 0 bridgehead atoms. The molecule has 0 fully saturated rings. The van der Waals surface area contributed by atoms with Crippen LogP contribution in [0.5, 0.6) is 23.0 Å². The normalized spacial score (nSPS) is 12.8. The van der Waals surface area contributed by atoms with E-state index in [-0.39, 0.29) is 36.2 Å². The molecule has 0 unspecified atom stereocenters. The lowest BCUT2D eigenvalue weighted by Gasteiger charge is -2.15. The number of fused-ring (bicyclic) bond motifs is 1. The molecule has 3 aromatic rings. The molecule has 1 N–H and O–H groups in total. The van der Waals surface area contributed by atoms with Crippen LogP contribution in [0.4, 0.5) is 0 Å². The second kappa shape index (κ2) is 10.3. The molecule has 3 aromatic carbocycles. The molecule has 7 nitrogen and oxygen atoms in total. The zero-order valence-corrected chi connectivity index (χ0v) is 19.7. The van der Waals surface area contributed by atoms with Crippen molar-refractivity contribution in [2.75, 3.05) is 13.9 Å². The molecule has 0 saturated heterocycles. The third kappa shape index (κ3) is 5.46. The summed E-state index contributed by atoms with van der Waals surface area (Å²) in [6.07, 6.45) is 0.140. The number of benzene rings is 3. The Kier molecular flexibility index (Phi) is 7.06. The van der Waals surface area contributed by atoms with Gasteiger partial charge in [0.2, 0.25) is 6.79 Å². The largest absolute Gasteiger partial charge is 0.497 e. The zero-order chi connectivity index (χ0) is 24.9. The van der Waals surface area contributed by atoms with E-state index < -0.39 is 5.97 Å². The first-order valence-corrected chi connectivity index (χ1v) is 11.2. The van der Waals surface area contributed by atoms with Crippen molar-refractivity contribution < 1.29 is 33.6 Å². The van der Waals surface area contributed by atoms with Gasteiger partial charge in [0.1, 0.15) is 11.5 Å². The van der Waals surface area contributed by atoms with E-state index in [1.54, 1.807) is 42.5 Å². The van der Waals surface area contributed by atoms with Crippen LogP contribution in [0.25, 0.3) is 5.57 Å². The third-order valence-electron chi connectivity index (χ3n) is 5.48. The van der Waals surface area contributed by atoms with Gasteiger partial charge in [0.05, 0.1) is 18.8 Å². The highest BCUT2D eigenvalue weighted by atomic mass is 16.7. The molecule has 0 amide bonds. The Bertz CT molecular complexity index is 1260. The Labute approximate surface area is 203 Å². The number of ether oxygens (including phenoxy) is 4. The Morgan fingerprint density at radius 3 is 2.14 bits per heavy atom. The minimum absolute atomic E-state index is 0.0255. The number of carbonyl (C=O) groups excluding carboxylic acids is 1. The van der Waals surface area contributed by atoms with Crippen molar-refractivity contribution in [3.05, 3.63) is 89.0 Å². The standard InChI is InChI=1S/C28H26O7/c1-17(2)35-22-9-4-18(5-10-22)14-23(27(29)19-6-11-21(32-3)12-7-19)26(28(30)31)20-8-13-24-25(15-20)34-16-33-24/h4-13,15,17H,14,16H2,1-3H3,(H,30,31)/b26-23+. The molecule has 7 heteroatoms. The topological polar surface area (TPSA) is 91.3 Å². The number of carbonyl (C=O) groups is 2. The lowest BCUT2D eigenvalue weighted by atomic mass is 9.89. The van der Waals surface area contributed by atoms with Crippen molar-refractivity contribution in [3.63, 3.8) is 0 Å². The molecule has 0 saturated carbocycles. The summed E-state index contributed by atoms with van der Waals surface area (Å²) in [7, 11) is 1.54. The van der Waals surface area contributed by atoms with Crippen LogP contribution in [-0.2, 0) is 11.2 Å². The van der Waals surface area contributed by atoms with E-state index in [2.05, 4.69) is 0 Å². The number of hydrogen-bond donors (Lipinski definition) is 1. The van der Waals surface area contributed by atoms with Crippen molar-refractivity contribution in [2.24, 2.45) is 0 Å². The first-order valence-electron chi connectivity index (χ1n) is 11.2. The molecule has 0 radical (unpaired) electrons. The Balaban J connectivity index is 1.80. The molecule has 1 aliphatic rings. The van der Waals surface area contributed by atoms with Crippen LogP contribution in [0.2, 0.25) is 0 Å². The first-order chi connectivity index (χ1) is 16.9. The molecule has 180 valence electrons. The van der Waals surface area contributed by atoms with Gasteiger partial charge >= 0.3 is 5.97 Å². The quantitative estimate of drug-likeness (QED) is 0.338. The van der Waals surface area contributed by atoms with Crippen LogP contribution in [-0.4, -0.2) is 36.9 Å². The van der Waals surface area contributed by atoms with Gasteiger partial charge in [0.25, 0.3) is 0 Å². The monoisotopic (exact) mass is 474 g/mol. The van der Waals surface area contributed by atoms with Crippen LogP contribution < -0.4 is 18.9 Å². The summed E-state index contributed by atoms with van der Waals surface area (Å²) >= 11 is 0. The van der Waals surface area contributed by atoms with Crippen LogP contribution in [0.1, 0.15) is 35.3 Å². The Morgan fingerprint density at radius 1 is 0.886 bits per heavy atom. The maximum Gasteiger partial charge on any atom is 0.336 e. The van der Waals surface area contributed by atoms with E-state index in [9.17, 15) is 14.7 Å². The maximum atomic E-state index is 13.7. The summed E-state index contributed by atoms with van der Waals surface area (Å²) in [6, 6.07) is 18.7. The summed E-state index contributed by atoms with van der Waals surface area (Å²) in [6.45, 7) is 3.94. The number of carboxylic acid groups (broad SMARTS) is 1. The SMILES string of the molecule is COc1ccc(C(=O)/C(Cc2ccc(OC(C)C)cc2)=C(/C(=O)O)c2ccc3c(c2)OCO3)cc1. The van der Waals surface area contributed by atoms with Gasteiger partial charge in [-0.05, 0) is 73.5 Å². The van der Waals surface area contributed by atoms with E-state index >= 15 is 0 Å². The van der Waals surface area contributed by atoms with E-state index in [1.807, 2.05) is 38.1 Å². The van der Waals surface area contributed by atoms with Gasteiger partial charge in [-0.25, -0.2) is 4.79 Å². The molecule has 0 aliphatic carbocycles. The fraction of sp³-hybridized carbons (Fsp3) is 0.214. The smallest absolute Gasteiger partial charge is 0.336 e. The summed E-state index contributed by atoms with van der Waals surface area (Å²) < 4.78 is 21.7. The minimum Gasteiger partial charge on any atom is -0.497 e. The maximum absolute atomic E-state index is 13.7. The van der Waals surface area contributed by atoms with Gasteiger partial charge < -0.3 is 24.1 Å². The van der Waals surface area contributed by atoms with Crippen molar-refractivity contribution >= 4 is 17.3 Å². The average molecular weight is 475 g/mol. The fourth-order valence-corrected chi connectivity index (χ4v) is 3.84. The molecular weight excluding hydrogens is 448 g/mol. The second-order valence-electron chi connectivity index (χ2n) is 8.27. The molecule has 0 aromatic heterocycles. The van der Waals surface area contributed by atoms with Gasteiger partial charge in [-0.2, -0.15) is 0 Å². The predicted molar refractivity (Wildman–Crippen MR) is 130 cm³/mol. The van der Waals surface area contributed by atoms with Gasteiger partial charge in [0, 0.05) is 17.6 Å². The summed E-state index contributed by atoms with van der Waals surface area (Å²) in [5.41, 5.74) is 1.56.